The van der Waals surface area contributed by atoms with Gasteiger partial charge in [0, 0.05) is 23.6 Å². The average molecular weight is 397 g/mol. The fourth-order valence-electron chi connectivity index (χ4n) is 2.32. The maximum absolute atomic E-state index is 12.5. The second-order valence-electron chi connectivity index (χ2n) is 6.21. The molecule has 140 valence electrons. The highest BCUT2D eigenvalue weighted by molar-refractivity contribution is 7.92. The number of carbonyl (C=O) groups is 1. The van der Waals surface area contributed by atoms with E-state index in [4.69, 9.17) is 11.6 Å². The third kappa shape index (κ3) is 6.01. The Morgan fingerprint density at radius 3 is 2.54 bits per heavy atom. The number of sulfonamides is 1. The van der Waals surface area contributed by atoms with Crippen LogP contribution < -0.4 is 14.9 Å². The summed E-state index contributed by atoms with van der Waals surface area (Å²) in [6.07, 6.45) is 0.850. The maximum Gasteiger partial charge on any atom is 0.261 e. The SMILES string of the molecule is C[NH+](C)CCCNC(=O)c1cccc(S(=O)(=O)Nc2cccc(Cl)c2)c1. The molecule has 0 radical (unpaired) electrons. The van der Waals surface area contributed by atoms with Crippen LogP contribution in [-0.4, -0.2) is 41.5 Å². The van der Waals surface area contributed by atoms with Gasteiger partial charge in [0.15, 0.2) is 0 Å². The smallest absolute Gasteiger partial charge is 0.261 e. The molecule has 0 aliphatic rings. The minimum atomic E-state index is -3.81. The molecule has 0 spiro atoms. The highest BCUT2D eigenvalue weighted by atomic mass is 35.5. The van der Waals surface area contributed by atoms with Gasteiger partial charge in [-0.1, -0.05) is 23.7 Å². The van der Waals surface area contributed by atoms with Crippen molar-refractivity contribution in [1.82, 2.24) is 5.32 Å². The van der Waals surface area contributed by atoms with Crippen LogP contribution in [0.3, 0.4) is 0 Å². The van der Waals surface area contributed by atoms with Crippen molar-refractivity contribution in [3.05, 3.63) is 59.1 Å². The van der Waals surface area contributed by atoms with E-state index >= 15 is 0 Å². The molecule has 6 nitrogen and oxygen atoms in total. The van der Waals surface area contributed by atoms with E-state index in [1.807, 2.05) is 14.1 Å². The van der Waals surface area contributed by atoms with E-state index in [0.29, 0.717) is 22.8 Å². The third-order valence-corrected chi connectivity index (χ3v) is 5.24. The van der Waals surface area contributed by atoms with Crippen LogP contribution in [0.25, 0.3) is 0 Å². The van der Waals surface area contributed by atoms with Gasteiger partial charge in [-0.15, -0.1) is 0 Å². The van der Waals surface area contributed by atoms with Crippen LogP contribution in [0.1, 0.15) is 16.8 Å². The normalized spacial score (nSPS) is 11.4. The molecule has 0 saturated heterocycles. The summed E-state index contributed by atoms with van der Waals surface area (Å²) in [7, 11) is 0.275. The molecule has 26 heavy (non-hydrogen) atoms. The van der Waals surface area contributed by atoms with E-state index in [1.54, 1.807) is 30.3 Å². The first-order chi connectivity index (χ1) is 12.3. The quantitative estimate of drug-likeness (QED) is 0.590. The highest BCUT2D eigenvalue weighted by Gasteiger charge is 2.16. The molecule has 2 rings (SSSR count). The number of carbonyl (C=O) groups excluding carboxylic acids is 1. The first kappa shape index (κ1) is 20.2. The number of amides is 1. The van der Waals surface area contributed by atoms with Crippen molar-refractivity contribution in [2.45, 2.75) is 11.3 Å². The molecule has 0 fully saturated rings. The molecule has 0 atom stereocenters. The molecule has 0 unspecified atom stereocenters. The van der Waals surface area contributed by atoms with E-state index in [1.165, 1.54) is 23.1 Å². The Hall–Kier alpha value is -2.09. The van der Waals surface area contributed by atoms with Crippen LogP contribution >= 0.6 is 11.6 Å². The fourth-order valence-corrected chi connectivity index (χ4v) is 3.60. The van der Waals surface area contributed by atoms with E-state index in [9.17, 15) is 13.2 Å². The average Bonchev–Trinajstić information content (AvgIpc) is 2.58. The molecule has 1 amide bonds. The summed E-state index contributed by atoms with van der Waals surface area (Å²) >= 11 is 5.88. The molecule has 8 heteroatoms. The van der Waals surface area contributed by atoms with Gasteiger partial charge in [0.25, 0.3) is 15.9 Å². The molecule has 0 aliphatic carbocycles. The van der Waals surface area contributed by atoms with Gasteiger partial charge in [-0.3, -0.25) is 9.52 Å². The van der Waals surface area contributed by atoms with Crippen LogP contribution in [0.2, 0.25) is 5.02 Å². The molecule has 3 N–H and O–H groups in total. The molecule has 0 heterocycles. The lowest BCUT2D eigenvalue weighted by molar-refractivity contribution is -0.858. The minimum absolute atomic E-state index is 0.0165. The summed E-state index contributed by atoms with van der Waals surface area (Å²) in [5.41, 5.74) is 0.662. The molecule has 2 aromatic carbocycles. The number of hydrogen-bond donors (Lipinski definition) is 3. The fraction of sp³-hybridized carbons (Fsp3) is 0.278. The topological polar surface area (TPSA) is 79.7 Å². The summed E-state index contributed by atoms with van der Waals surface area (Å²) in [5, 5.41) is 3.23. The summed E-state index contributed by atoms with van der Waals surface area (Å²) in [6.45, 7) is 1.49. The van der Waals surface area contributed by atoms with Crippen molar-refractivity contribution < 1.29 is 18.1 Å². The first-order valence-corrected chi connectivity index (χ1v) is 10.1. The van der Waals surface area contributed by atoms with Gasteiger partial charge in [0.1, 0.15) is 0 Å². The molecule has 0 saturated carbocycles. The van der Waals surface area contributed by atoms with Crippen molar-refractivity contribution >= 4 is 33.2 Å². The Morgan fingerprint density at radius 1 is 1.12 bits per heavy atom. The second kappa shape index (κ2) is 9.02. The van der Waals surface area contributed by atoms with E-state index < -0.39 is 10.0 Å². The lowest BCUT2D eigenvalue weighted by Gasteiger charge is -2.10. The zero-order valence-corrected chi connectivity index (χ0v) is 16.3. The van der Waals surface area contributed by atoms with E-state index in [2.05, 4.69) is 10.0 Å². The van der Waals surface area contributed by atoms with Gasteiger partial charge >= 0.3 is 0 Å². The largest absolute Gasteiger partial charge is 0.352 e. The number of rotatable bonds is 8. The van der Waals surface area contributed by atoms with Gasteiger partial charge in [0.2, 0.25) is 0 Å². The number of hydrogen-bond acceptors (Lipinski definition) is 3. The van der Waals surface area contributed by atoms with Crippen LogP contribution in [0, 0.1) is 0 Å². The summed E-state index contributed by atoms with van der Waals surface area (Å²) in [4.78, 5) is 13.5. The van der Waals surface area contributed by atoms with Crippen LogP contribution in [0.5, 0.6) is 0 Å². The molecular weight excluding hydrogens is 374 g/mol. The van der Waals surface area contributed by atoms with Gasteiger partial charge < -0.3 is 10.2 Å². The summed E-state index contributed by atoms with van der Waals surface area (Å²) in [5.74, 6) is -0.293. The predicted molar refractivity (Wildman–Crippen MR) is 103 cm³/mol. The van der Waals surface area contributed by atoms with Gasteiger partial charge in [-0.25, -0.2) is 8.42 Å². The number of benzene rings is 2. The van der Waals surface area contributed by atoms with Crippen molar-refractivity contribution in [1.29, 1.82) is 0 Å². The standard InChI is InChI=1S/C18H22ClN3O3S/c1-22(2)11-5-10-20-18(23)14-6-3-9-17(12-14)26(24,25)21-16-8-4-7-15(19)13-16/h3-4,6-9,12-13,21H,5,10-11H2,1-2H3,(H,20,23)/p+1. The zero-order chi connectivity index (χ0) is 19.2. The maximum atomic E-state index is 12.5. The van der Waals surface area contributed by atoms with E-state index in [-0.39, 0.29) is 10.8 Å². The highest BCUT2D eigenvalue weighted by Crippen LogP contribution is 2.20. The van der Waals surface area contributed by atoms with Crippen molar-refractivity contribution in [3.8, 4) is 0 Å². The number of halogens is 1. The van der Waals surface area contributed by atoms with Gasteiger partial charge in [0.05, 0.1) is 31.2 Å². The lowest BCUT2D eigenvalue weighted by Crippen LogP contribution is -3.05. The Labute approximate surface area is 159 Å². The minimum Gasteiger partial charge on any atom is -0.352 e. The van der Waals surface area contributed by atoms with Crippen LogP contribution in [-0.2, 0) is 10.0 Å². The van der Waals surface area contributed by atoms with Crippen molar-refractivity contribution in [2.75, 3.05) is 31.9 Å². The summed E-state index contributed by atoms with van der Waals surface area (Å²) in [6, 6.07) is 12.4. The zero-order valence-electron chi connectivity index (χ0n) is 14.8. The summed E-state index contributed by atoms with van der Waals surface area (Å²) < 4.78 is 27.5. The van der Waals surface area contributed by atoms with Crippen molar-refractivity contribution in [2.24, 2.45) is 0 Å². The number of nitrogens with one attached hydrogen (secondary N) is 3. The molecule has 0 bridgehead atoms. The first-order valence-electron chi connectivity index (χ1n) is 8.23. The van der Waals surface area contributed by atoms with Crippen molar-refractivity contribution in [3.63, 3.8) is 0 Å². The monoisotopic (exact) mass is 396 g/mol. The second-order valence-corrected chi connectivity index (χ2v) is 8.33. The van der Waals surface area contributed by atoms with Crippen LogP contribution in [0.4, 0.5) is 5.69 Å². The Morgan fingerprint density at radius 2 is 1.85 bits per heavy atom. The van der Waals surface area contributed by atoms with Gasteiger partial charge in [-0.05, 0) is 36.4 Å². The predicted octanol–water partition coefficient (Wildman–Crippen LogP) is 1.41. The van der Waals surface area contributed by atoms with Crippen LogP contribution in [0.15, 0.2) is 53.4 Å². The third-order valence-electron chi connectivity index (χ3n) is 3.62. The van der Waals surface area contributed by atoms with Gasteiger partial charge in [-0.2, -0.15) is 0 Å². The lowest BCUT2D eigenvalue weighted by atomic mass is 10.2. The molecule has 0 aliphatic heterocycles. The Balaban J connectivity index is 2.08. The molecule has 0 aromatic heterocycles. The molecular formula is C18H23ClN3O3S+. The Bertz CT molecular complexity index is 869. The number of quaternary nitrogens is 1. The van der Waals surface area contributed by atoms with E-state index in [0.717, 1.165) is 13.0 Å². The number of anilines is 1. The Kier molecular flexibility index (Phi) is 7.02. The molecule has 2 aromatic rings.